The molecule has 0 bridgehead atoms. The highest BCUT2D eigenvalue weighted by molar-refractivity contribution is 9.10. The Morgan fingerprint density at radius 3 is 2.79 bits per heavy atom. The number of aromatic carboxylic acids is 1. The molecule has 0 aliphatic rings. The first-order valence-electron chi connectivity index (χ1n) is 5.09. The highest BCUT2D eigenvalue weighted by atomic mass is 79.9. The molecule has 0 spiro atoms. The third kappa shape index (κ3) is 3.00. The minimum atomic E-state index is -1.14. The fraction of sp³-hybridized carbons (Fsp3) is 0. The zero-order chi connectivity index (χ0) is 14.0. The number of benzene rings is 1. The highest BCUT2D eigenvalue weighted by Crippen LogP contribution is 2.32. The quantitative estimate of drug-likeness (QED) is 0.905. The molecule has 19 heavy (non-hydrogen) atoms. The van der Waals surface area contributed by atoms with Crippen LogP contribution in [0.15, 0.2) is 34.9 Å². The molecule has 98 valence electrons. The molecule has 1 aromatic carbocycles. The number of rotatable bonds is 3. The molecule has 0 aliphatic heterocycles. The standard InChI is InChI=1S/C12H8BrFN2O3/c13-8-2-1-7(14)4-10(8)19-11-9(15)3-6(5-16-11)12(17)18/h1-5H,15H2,(H,17,18). The largest absolute Gasteiger partial charge is 0.478 e. The third-order valence-corrected chi connectivity index (χ3v) is 2.88. The van der Waals surface area contributed by atoms with Gasteiger partial charge in [-0.2, -0.15) is 0 Å². The predicted octanol–water partition coefficient (Wildman–Crippen LogP) is 3.06. The molecule has 1 aromatic heterocycles. The van der Waals surface area contributed by atoms with E-state index in [0.29, 0.717) is 4.47 Å². The van der Waals surface area contributed by atoms with Gasteiger partial charge in [0.2, 0.25) is 5.88 Å². The van der Waals surface area contributed by atoms with Crippen molar-refractivity contribution in [3.8, 4) is 11.6 Å². The van der Waals surface area contributed by atoms with Gasteiger partial charge in [-0.3, -0.25) is 0 Å². The number of ether oxygens (including phenoxy) is 1. The van der Waals surface area contributed by atoms with E-state index in [0.717, 1.165) is 12.3 Å². The fourth-order valence-corrected chi connectivity index (χ4v) is 1.66. The minimum absolute atomic E-state index is 0.0105. The summed E-state index contributed by atoms with van der Waals surface area (Å²) in [5.41, 5.74) is 5.63. The van der Waals surface area contributed by atoms with E-state index >= 15 is 0 Å². The Balaban J connectivity index is 2.33. The Bertz CT molecular complexity index is 649. The first kappa shape index (κ1) is 13.3. The van der Waals surface area contributed by atoms with Crippen LogP contribution in [0.5, 0.6) is 11.6 Å². The first-order valence-corrected chi connectivity index (χ1v) is 5.88. The van der Waals surface area contributed by atoms with Gasteiger partial charge >= 0.3 is 5.97 Å². The molecule has 5 nitrogen and oxygen atoms in total. The van der Waals surface area contributed by atoms with Gasteiger partial charge in [0.25, 0.3) is 0 Å². The first-order chi connectivity index (χ1) is 8.97. The van der Waals surface area contributed by atoms with Gasteiger partial charge in [-0.15, -0.1) is 0 Å². The van der Waals surface area contributed by atoms with Gasteiger partial charge in [-0.1, -0.05) is 0 Å². The Morgan fingerprint density at radius 1 is 1.42 bits per heavy atom. The maximum atomic E-state index is 13.1. The van der Waals surface area contributed by atoms with Crippen LogP contribution < -0.4 is 10.5 Å². The summed E-state index contributed by atoms with van der Waals surface area (Å²) < 4.78 is 19.0. The van der Waals surface area contributed by atoms with E-state index in [2.05, 4.69) is 20.9 Å². The molecule has 0 saturated carbocycles. The zero-order valence-electron chi connectivity index (χ0n) is 9.43. The van der Waals surface area contributed by atoms with Crippen LogP contribution in [0, 0.1) is 5.82 Å². The average Bonchev–Trinajstić information content (AvgIpc) is 2.36. The minimum Gasteiger partial charge on any atom is -0.478 e. The van der Waals surface area contributed by atoms with Crippen LogP contribution in [0.25, 0.3) is 0 Å². The second-order valence-corrected chi connectivity index (χ2v) is 4.45. The van der Waals surface area contributed by atoms with Crippen LogP contribution in [0.3, 0.4) is 0 Å². The van der Waals surface area contributed by atoms with E-state index < -0.39 is 11.8 Å². The third-order valence-electron chi connectivity index (χ3n) is 2.23. The number of hydrogen-bond donors (Lipinski definition) is 2. The van der Waals surface area contributed by atoms with Crippen molar-refractivity contribution in [1.82, 2.24) is 4.98 Å². The van der Waals surface area contributed by atoms with Gasteiger partial charge in [-0.25, -0.2) is 14.2 Å². The smallest absolute Gasteiger partial charge is 0.337 e. The number of halogens is 2. The molecule has 0 atom stereocenters. The van der Waals surface area contributed by atoms with Crippen molar-refractivity contribution in [2.24, 2.45) is 0 Å². The van der Waals surface area contributed by atoms with Crippen LogP contribution in [-0.2, 0) is 0 Å². The normalized spacial score (nSPS) is 10.2. The van der Waals surface area contributed by atoms with Gasteiger partial charge in [0.15, 0.2) is 0 Å². The van der Waals surface area contributed by atoms with Crippen LogP contribution >= 0.6 is 15.9 Å². The van der Waals surface area contributed by atoms with Crippen molar-refractivity contribution >= 4 is 27.6 Å². The summed E-state index contributed by atoms with van der Waals surface area (Å²) in [6, 6.07) is 5.13. The SMILES string of the molecule is Nc1cc(C(=O)O)cnc1Oc1cc(F)ccc1Br. The molecule has 0 aliphatic carbocycles. The zero-order valence-corrected chi connectivity index (χ0v) is 11.0. The molecular weight excluding hydrogens is 319 g/mol. The lowest BCUT2D eigenvalue weighted by molar-refractivity contribution is 0.0696. The Morgan fingerprint density at radius 2 is 2.16 bits per heavy atom. The number of nitrogens with zero attached hydrogens (tertiary/aromatic N) is 1. The Hall–Kier alpha value is -2.15. The highest BCUT2D eigenvalue weighted by Gasteiger charge is 2.11. The summed E-state index contributed by atoms with van der Waals surface area (Å²) in [5, 5.41) is 8.78. The van der Waals surface area contributed by atoms with Gasteiger partial charge in [0, 0.05) is 12.3 Å². The monoisotopic (exact) mass is 326 g/mol. The van der Waals surface area contributed by atoms with Crippen LogP contribution in [-0.4, -0.2) is 16.1 Å². The second kappa shape index (κ2) is 5.23. The van der Waals surface area contributed by atoms with Gasteiger partial charge in [0.05, 0.1) is 15.7 Å². The maximum Gasteiger partial charge on any atom is 0.337 e. The van der Waals surface area contributed by atoms with E-state index in [1.165, 1.54) is 18.2 Å². The number of carboxylic acids is 1. The number of carboxylic acid groups (broad SMARTS) is 1. The molecule has 3 N–H and O–H groups in total. The molecule has 0 unspecified atom stereocenters. The molecule has 0 saturated heterocycles. The summed E-state index contributed by atoms with van der Waals surface area (Å²) in [7, 11) is 0. The van der Waals surface area contributed by atoms with E-state index in [1.807, 2.05) is 0 Å². The summed E-state index contributed by atoms with van der Waals surface area (Å²) in [6.07, 6.45) is 1.11. The van der Waals surface area contributed by atoms with Crippen LogP contribution in [0.4, 0.5) is 10.1 Å². The molecule has 0 radical (unpaired) electrons. The van der Waals surface area contributed by atoms with Crippen molar-refractivity contribution in [3.05, 3.63) is 46.3 Å². The molecule has 1 heterocycles. The van der Waals surface area contributed by atoms with E-state index in [4.69, 9.17) is 15.6 Å². The van der Waals surface area contributed by atoms with Gasteiger partial charge in [0.1, 0.15) is 11.6 Å². The van der Waals surface area contributed by atoms with Gasteiger partial charge < -0.3 is 15.6 Å². The number of carbonyl (C=O) groups is 1. The summed E-state index contributed by atoms with van der Waals surface area (Å²) in [5.74, 6) is -1.41. The molecule has 7 heteroatoms. The molecule has 2 rings (SSSR count). The van der Waals surface area contributed by atoms with Crippen LogP contribution in [0.2, 0.25) is 0 Å². The van der Waals surface area contributed by atoms with E-state index in [1.54, 1.807) is 0 Å². The molecular formula is C12H8BrFN2O3. The maximum absolute atomic E-state index is 13.1. The number of nitrogen functional groups attached to an aromatic ring is 1. The van der Waals surface area contributed by atoms with E-state index in [9.17, 15) is 9.18 Å². The lowest BCUT2D eigenvalue weighted by Gasteiger charge is -2.09. The topological polar surface area (TPSA) is 85.4 Å². The van der Waals surface area contributed by atoms with Crippen LogP contribution in [0.1, 0.15) is 10.4 Å². The number of anilines is 1. The Kier molecular flexibility index (Phi) is 3.66. The molecule has 2 aromatic rings. The summed E-state index contributed by atoms with van der Waals surface area (Å²) in [6.45, 7) is 0. The van der Waals surface area contributed by atoms with Crippen molar-refractivity contribution in [2.75, 3.05) is 5.73 Å². The van der Waals surface area contributed by atoms with Crippen molar-refractivity contribution in [1.29, 1.82) is 0 Å². The lowest BCUT2D eigenvalue weighted by atomic mass is 10.2. The Labute approximate surface area is 116 Å². The number of nitrogens with two attached hydrogens (primary N) is 1. The number of hydrogen-bond acceptors (Lipinski definition) is 4. The van der Waals surface area contributed by atoms with Gasteiger partial charge in [-0.05, 0) is 34.1 Å². The molecule has 0 amide bonds. The average molecular weight is 327 g/mol. The molecule has 0 fully saturated rings. The van der Waals surface area contributed by atoms with Crippen molar-refractivity contribution < 1.29 is 19.0 Å². The fourth-order valence-electron chi connectivity index (χ4n) is 1.33. The summed E-state index contributed by atoms with van der Waals surface area (Å²) >= 11 is 3.20. The lowest BCUT2D eigenvalue weighted by Crippen LogP contribution is -2.02. The number of pyridine rings is 1. The second-order valence-electron chi connectivity index (χ2n) is 3.60. The predicted molar refractivity (Wildman–Crippen MR) is 69.8 cm³/mol. The number of aromatic nitrogens is 1. The van der Waals surface area contributed by atoms with Crippen molar-refractivity contribution in [3.63, 3.8) is 0 Å². The van der Waals surface area contributed by atoms with Crippen molar-refractivity contribution in [2.45, 2.75) is 0 Å². The summed E-state index contributed by atoms with van der Waals surface area (Å²) in [4.78, 5) is 14.5. The van der Waals surface area contributed by atoms with E-state index in [-0.39, 0.29) is 22.9 Å².